The normalized spacial score (nSPS) is 13.6. The molecule has 0 heterocycles. The molecule has 0 saturated heterocycles. The fourth-order valence-electron chi connectivity index (χ4n) is 7.41. The predicted octanol–water partition coefficient (Wildman–Crippen LogP) is 13.8. The van der Waals surface area contributed by atoms with Crippen LogP contribution >= 0.6 is 7.82 Å². The van der Waals surface area contributed by atoms with Gasteiger partial charge in [-0.1, -0.05) is 232 Å². The molecule has 3 N–H and O–H groups in total. The molecule has 352 valence electrons. The van der Waals surface area contributed by atoms with E-state index in [1.807, 2.05) is 0 Å². The highest BCUT2D eigenvalue weighted by molar-refractivity contribution is 7.47. The largest absolute Gasteiger partial charge is 0.472 e. The summed E-state index contributed by atoms with van der Waals surface area (Å²) in [5.41, 5.74) is 0. The average molecular weight is 863 g/mol. The van der Waals surface area contributed by atoms with Crippen molar-refractivity contribution in [1.29, 1.82) is 0 Å². The quantitative estimate of drug-likeness (QED) is 0.0306. The van der Waals surface area contributed by atoms with Crippen molar-refractivity contribution in [2.75, 3.05) is 26.4 Å². The fourth-order valence-corrected chi connectivity index (χ4v) is 8.20. The maximum Gasteiger partial charge on any atom is 0.472 e. The Kier molecular flexibility index (Phi) is 44.2. The maximum absolute atomic E-state index is 12.7. The number of unbranched alkanes of at least 4 members (excludes halogenated alkanes) is 34. The highest BCUT2D eigenvalue weighted by Crippen LogP contribution is 2.43. The van der Waals surface area contributed by atoms with Crippen LogP contribution in [0, 0.1) is 0 Å². The lowest BCUT2D eigenvalue weighted by Crippen LogP contribution is -2.29. The number of phosphoric acid groups is 1. The molecule has 0 rings (SSSR count). The van der Waals surface area contributed by atoms with E-state index in [9.17, 15) is 24.2 Å². The summed E-state index contributed by atoms with van der Waals surface area (Å²) in [5, 5.41) is 18.4. The molecule has 0 aliphatic carbocycles. The summed E-state index contributed by atoms with van der Waals surface area (Å²) in [6, 6.07) is 0. The zero-order valence-electron chi connectivity index (χ0n) is 38.5. The molecule has 0 aliphatic rings. The van der Waals surface area contributed by atoms with E-state index in [-0.39, 0.29) is 19.4 Å². The fraction of sp³-hybridized carbons (Fsp3) is 0.958. The molecular weight excluding hydrogens is 767 g/mol. The van der Waals surface area contributed by atoms with Crippen LogP contribution in [0.3, 0.4) is 0 Å². The first-order chi connectivity index (χ1) is 28.7. The van der Waals surface area contributed by atoms with Crippen molar-refractivity contribution in [1.82, 2.24) is 0 Å². The van der Waals surface area contributed by atoms with Crippen molar-refractivity contribution >= 4 is 19.8 Å². The van der Waals surface area contributed by atoms with Crippen molar-refractivity contribution in [3.05, 3.63) is 0 Å². The summed E-state index contributed by atoms with van der Waals surface area (Å²) < 4.78 is 32.8. The Morgan fingerprint density at radius 3 is 1.05 bits per heavy atom. The molecule has 0 spiro atoms. The van der Waals surface area contributed by atoms with Gasteiger partial charge in [-0.05, 0) is 12.8 Å². The number of hydrogen-bond donors (Lipinski definition) is 3. The van der Waals surface area contributed by atoms with Gasteiger partial charge in [0, 0.05) is 12.8 Å². The Bertz CT molecular complexity index is 951. The number of carbonyl (C=O) groups is 2. The number of aliphatic hydroxyl groups excluding tert-OH is 2. The molecule has 0 bridgehead atoms. The topological polar surface area (TPSA) is 149 Å². The molecule has 0 fully saturated rings. The average Bonchev–Trinajstić information content (AvgIpc) is 3.22. The molecule has 3 atom stereocenters. The molecule has 0 aliphatic heterocycles. The summed E-state index contributed by atoms with van der Waals surface area (Å²) in [5.74, 6) is -0.905. The van der Waals surface area contributed by atoms with Crippen LogP contribution in [0.2, 0.25) is 0 Å². The minimum Gasteiger partial charge on any atom is -0.462 e. The zero-order valence-corrected chi connectivity index (χ0v) is 39.4. The number of esters is 2. The molecule has 0 amide bonds. The van der Waals surface area contributed by atoms with Crippen molar-refractivity contribution in [2.24, 2.45) is 0 Å². The Balaban J connectivity index is 4.09. The van der Waals surface area contributed by atoms with Crippen LogP contribution in [-0.4, -0.2) is 65.7 Å². The zero-order chi connectivity index (χ0) is 43.3. The van der Waals surface area contributed by atoms with Gasteiger partial charge in [0.1, 0.15) is 12.7 Å². The van der Waals surface area contributed by atoms with Gasteiger partial charge in [0.05, 0.1) is 19.8 Å². The summed E-state index contributed by atoms with van der Waals surface area (Å²) >= 11 is 0. The van der Waals surface area contributed by atoms with Gasteiger partial charge >= 0.3 is 19.8 Å². The Hall–Kier alpha value is -1.03. The Morgan fingerprint density at radius 2 is 0.729 bits per heavy atom. The van der Waals surface area contributed by atoms with E-state index in [2.05, 4.69) is 13.8 Å². The summed E-state index contributed by atoms with van der Waals surface area (Å²) in [6.45, 7) is 2.44. The van der Waals surface area contributed by atoms with Gasteiger partial charge in [0.2, 0.25) is 0 Å². The van der Waals surface area contributed by atoms with Gasteiger partial charge in [0.15, 0.2) is 6.10 Å². The van der Waals surface area contributed by atoms with Crippen LogP contribution < -0.4 is 0 Å². The summed E-state index contributed by atoms with van der Waals surface area (Å²) in [7, 11) is -4.61. The first-order valence-electron chi connectivity index (χ1n) is 25.0. The van der Waals surface area contributed by atoms with Gasteiger partial charge in [-0.3, -0.25) is 18.6 Å². The van der Waals surface area contributed by atoms with Crippen molar-refractivity contribution in [3.63, 3.8) is 0 Å². The van der Waals surface area contributed by atoms with Crippen LogP contribution in [0.4, 0.5) is 0 Å². The summed E-state index contributed by atoms with van der Waals surface area (Å²) in [4.78, 5) is 35.1. The van der Waals surface area contributed by atoms with Crippen molar-refractivity contribution in [2.45, 2.75) is 270 Å². The minimum atomic E-state index is -4.61. The van der Waals surface area contributed by atoms with E-state index in [0.717, 1.165) is 32.1 Å². The third-order valence-corrected chi connectivity index (χ3v) is 12.2. The van der Waals surface area contributed by atoms with Crippen LogP contribution in [0.15, 0.2) is 0 Å². The second-order valence-corrected chi connectivity index (χ2v) is 18.7. The molecule has 0 radical (unpaired) electrons. The SMILES string of the molecule is CCCCCCCCCCCCCCCCCCCCCCCCCC(=O)OC(COC(=O)CCCCCCCCCCCCCCC)COP(=O)(O)OCC(O)CO. The van der Waals surface area contributed by atoms with E-state index >= 15 is 0 Å². The van der Waals surface area contributed by atoms with Crippen molar-refractivity contribution < 1.29 is 47.8 Å². The van der Waals surface area contributed by atoms with E-state index < -0.39 is 51.8 Å². The molecule has 3 unspecified atom stereocenters. The molecule has 11 heteroatoms. The molecule has 59 heavy (non-hydrogen) atoms. The smallest absolute Gasteiger partial charge is 0.462 e. The highest BCUT2D eigenvalue weighted by atomic mass is 31.2. The number of ether oxygens (including phenoxy) is 2. The standard InChI is InChI=1S/C48H95O10P/c1-3-5-7-9-11-13-15-17-18-19-20-21-22-23-24-25-26-28-30-32-34-36-38-40-48(52)58-46(44-57-59(53,54)56-42-45(50)41-49)43-55-47(51)39-37-35-33-31-29-27-16-14-12-10-8-6-4-2/h45-46,49-50H,3-44H2,1-2H3,(H,53,54). The second kappa shape index (κ2) is 45.0. The number of hydrogen-bond acceptors (Lipinski definition) is 9. The number of aliphatic hydroxyl groups is 2. The van der Waals surface area contributed by atoms with E-state index in [4.69, 9.17) is 23.6 Å². The lowest BCUT2D eigenvalue weighted by atomic mass is 10.0. The van der Waals surface area contributed by atoms with Crippen LogP contribution in [-0.2, 0) is 32.7 Å². The van der Waals surface area contributed by atoms with Crippen LogP contribution in [0.25, 0.3) is 0 Å². The lowest BCUT2D eigenvalue weighted by molar-refractivity contribution is -0.161. The van der Waals surface area contributed by atoms with Gasteiger partial charge in [-0.25, -0.2) is 4.57 Å². The van der Waals surface area contributed by atoms with Gasteiger partial charge in [-0.2, -0.15) is 0 Å². The van der Waals surface area contributed by atoms with E-state index in [1.165, 1.54) is 186 Å². The Labute approximate surface area is 363 Å². The van der Waals surface area contributed by atoms with Gasteiger partial charge in [-0.15, -0.1) is 0 Å². The molecule has 0 aromatic heterocycles. The minimum absolute atomic E-state index is 0.193. The molecule has 0 aromatic rings. The van der Waals surface area contributed by atoms with Crippen LogP contribution in [0.5, 0.6) is 0 Å². The van der Waals surface area contributed by atoms with Crippen molar-refractivity contribution in [3.8, 4) is 0 Å². The van der Waals surface area contributed by atoms with E-state index in [1.54, 1.807) is 0 Å². The predicted molar refractivity (Wildman–Crippen MR) is 242 cm³/mol. The van der Waals surface area contributed by atoms with Crippen LogP contribution in [0.1, 0.15) is 258 Å². The summed E-state index contributed by atoms with van der Waals surface area (Å²) in [6.07, 6.45) is 43.6. The maximum atomic E-state index is 12.7. The molecule has 10 nitrogen and oxygen atoms in total. The molecular formula is C48H95O10P. The third kappa shape index (κ3) is 44.8. The number of carbonyl (C=O) groups excluding carboxylic acids is 2. The molecule has 0 saturated carbocycles. The van der Waals surface area contributed by atoms with Gasteiger partial charge in [0.25, 0.3) is 0 Å². The third-order valence-electron chi connectivity index (χ3n) is 11.3. The number of phosphoric ester groups is 1. The van der Waals surface area contributed by atoms with E-state index in [0.29, 0.717) is 12.8 Å². The molecule has 0 aromatic carbocycles. The first-order valence-corrected chi connectivity index (χ1v) is 26.5. The first kappa shape index (κ1) is 58.0. The van der Waals surface area contributed by atoms with Gasteiger partial charge < -0.3 is 24.6 Å². The lowest BCUT2D eigenvalue weighted by Gasteiger charge is -2.20. The monoisotopic (exact) mass is 863 g/mol. The Morgan fingerprint density at radius 1 is 0.441 bits per heavy atom. The number of rotatable bonds is 48. The highest BCUT2D eigenvalue weighted by Gasteiger charge is 2.27. The second-order valence-electron chi connectivity index (χ2n) is 17.2.